The number of aromatic nitrogens is 3. The van der Waals surface area contributed by atoms with Gasteiger partial charge in [-0.3, -0.25) is 4.90 Å². The number of amides is 1. The molecule has 2 aromatic heterocycles. The van der Waals surface area contributed by atoms with E-state index >= 15 is 0 Å². The van der Waals surface area contributed by atoms with Crippen molar-refractivity contribution in [2.45, 2.75) is 70.6 Å². The molecule has 0 radical (unpaired) electrons. The number of ether oxygens (including phenoxy) is 2. The minimum Gasteiger partial charge on any atom is -0.444 e. The van der Waals surface area contributed by atoms with E-state index in [0.29, 0.717) is 17.6 Å². The van der Waals surface area contributed by atoms with Crippen molar-refractivity contribution >= 4 is 23.3 Å². The fraction of sp³-hybridized carbons (Fsp3) is 0.696. The molecule has 0 saturated carbocycles. The molecule has 0 aromatic carbocycles. The molecule has 1 amide bonds. The first kappa shape index (κ1) is 21.9. The van der Waals surface area contributed by atoms with Crippen LogP contribution in [-0.2, 0) is 22.3 Å². The summed E-state index contributed by atoms with van der Waals surface area (Å²) in [5.74, 6) is 0.385. The normalized spacial score (nSPS) is 26.4. The van der Waals surface area contributed by atoms with Crippen molar-refractivity contribution in [2.24, 2.45) is 5.92 Å². The van der Waals surface area contributed by atoms with Gasteiger partial charge in [0.15, 0.2) is 5.65 Å². The van der Waals surface area contributed by atoms with Crippen LogP contribution in [0, 0.1) is 5.92 Å². The van der Waals surface area contributed by atoms with Gasteiger partial charge in [-0.2, -0.15) is 5.10 Å². The summed E-state index contributed by atoms with van der Waals surface area (Å²) in [6.45, 7) is 8.88. The standard InChI is InChI=1S/C23H32ClN5O3/c1-23(2,3)32-22(30)28-8-5-4-6-18(28)17-12-20-26-16-11-14(19-13-25-7-9-31-19)10-15(16)21(24)29(20)27-17/h12,14,18-19,25H,4-11,13H2,1-3H3. The third-order valence-electron chi connectivity index (χ3n) is 6.62. The van der Waals surface area contributed by atoms with Gasteiger partial charge in [-0.05, 0) is 58.8 Å². The summed E-state index contributed by atoms with van der Waals surface area (Å²) in [5, 5.41) is 8.85. The summed E-state index contributed by atoms with van der Waals surface area (Å²) in [6.07, 6.45) is 4.50. The first-order valence-electron chi connectivity index (χ1n) is 11.7. The Balaban J connectivity index is 1.41. The smallest absolute Gasteiger partial charge is 0.410 e. The summed E-state index contributed by atoms with van der Waals surface area (Å²) in [7, 11) is 0. The molecule has 8 nitrogen and oxygen atoms in total. The van der Waals surface area contributed by atoms with Gasteiger partial charge >= 0.3 is 6.09 Å². The first-order chi connectivity index (χ1) is 15.3. The minimum atomic E-state index is -0.530. The molecule has 2 aromatic rings. The largest absolute Gasteiger partial charge is 0.444 e. The lowest BCUT2D eigenvalue weighted by molar-refractivity contribution is -0.00647. The van der Waals surface area contributed by atoms with Crippen LogP contribution in [0.5, 0.6) is 0 Å². The second-order valence-corrected chi connectivity index (χ2v) is 10.5. The molecule has 3 aliphatic rings. The quantitative estimate of drug-likeness (QED) is 0.689. The maximum atomic E-state index is 12.8. The van der Waals surface area contributed by atoms with Crippen LogP contribution in [0.25, 0.3) is 5.65 Å². The molecule has 1 aliphatic carbocycles. The van der Waals surface area contributed by atoms with E-state index in [2.05, 4.69) is 5.32 Å². The van der Waals surface area contributed by atoms with Gasteiger partial charge < -0.3 is 14.8 Å². The van der Waals surface area contributed by atoms with E-state index < -0.39 is 5.60 Å². The summed E-state index contributed by atoms with van der Waals surface area (Å²) in [5.41, 5.74) is 3.14. The van der Waals surface area contributed by atoms with Gasteiger partial charge in [0, 0.05) is 37.0 Å². The summed E-state index contributed by atoms with van der Waals surface area (Å²) in [6, 6.07) is 1.85. The van der Waals surface area contributed by atoms with Gasteiger partial charge in [-0.25, -0.2) is 14.3 Å². The second kappa shape index (κ2) is 8.47. The van der Waals surface area contributed by atoms with Crippen LogP contribution in [0.4, 0.5) is 4.79 Å². The maximum absolute atomic E-state index is 12.8. The Morgan fingerprint density at radius 1 is 1.31 bits per heavy atom. The fourth-order valence-electron chi connectivity index (χ4n) is 5.11. The first-order valence-corrected chi connectivity index (χ1v) is 12.1. The Bertz CT molecular complexity index is 1010. The summed E-state index contributed by atoms with van der Waals surface area (Å²) >= 11 is 6.83. The van der Waals surface area contributed by atoms with Gasteiger partial charge in [0.05, 0.1) is 24.4 Å². The highest BCUT2D eigenvalue weighted by atomic mass is 35.5. The lowest BCUT2D eigenvalue weighted by atomic mass is 9.98. The molecule has 1 N–H and O–H groups in total. The number of rotatable bonds is 2. The highest BCUT2D eigenvalue weighted by molar-refractivity contribution is 6.30. The molecule has 2 aliphatic heterocycles. The molecule has 9 heteroatoms. The zero-order valence-electron chi connectivity index (χ0n) is 19.1. The van der Waals surface area contributed by atoms with E-state index in [-0.39, 0.29) is 18.2 Å². The topological polar surface area (TPSA) is 81.0 Å². The number of likely N-dealkylation sites (tertiary alicyclic amines) is 1. The third kappa shape index (κ3) is 4.20. The SMILES string of the molecule is CC(C)(C)OC(=O)N1CCCCC1c1cc2nc3c(c(Cl)n2n1)CC(C1CNCCO1)C3. The molecular weight excluding hydrogens is 430 g/mol. The summed E-state index contributed by atoms with van der Waals surface area (Å²) in [4.78, 5) is 19.6. The van der Waals surface area contributed by atoms with Crippen LogP contribution in [0.3, 0.4) is 0 Å². The number of nitrogens with one attached hydrogen (secondary N) is 1. The highest BCUT2D eigenvalue weighted by Crippen LogP contribution is 2.36. The molecule has 32 heavy (non-hydrogen) atoms. The molecule has 4 heterocycles. The van der Waals surface area contributed by atoms with Crippen molar-refractivity contribution in [3.63, 3.8) is 0 Å². The van der Waals surface area contributed by atoms with Gasteiger partial charge in [0.1, 0.15) is 10.8 Å². The highest BCUT2D eigenvalue weighted by Gasteiger charge is 2.36. The molecule has 2 fully saturated rings. The van der Waals surface area contributed by atoms with Crippen LogP contribution in [0.15, 0.2) is 6.07 Å². The number of carbonyl (C=O) groups excluding carboxylic acids is 1. The van der Waals surface area contributed by atoms with Crippen LogP contribution in [-0.4, -0.2) is 63.5 Å². The predicted molar refractivity (Wildman–Crippen MR) is 121 cm³/mol. The number of morpholine rings is 1. The predicted octanol–water partition coefficient (Wildman–Crippen LogP) is 3.55. The second-order valence-electron chi connectivity index (χ2n) is 10.1. The number of hydrogen-bond acceptors (Lipinski definition) is 6. The number of halogens is 1. The molecule has 174 valence electrons. The zero-order chi connectivity index (χ0) is 22.5. The Kier molecular flexibility index (Phi) is 5.80. The van der Waals surface area contributed by atoms with Gasteiger partial charge in [0.25, 0.3) is 0 Å². The van der Waals surface area contributed by atoms with Crippen molar-refractivity contribution in [2.75, 3.05) is 26.2 Å². The number of fused-ring (bicyclic) bond motifs is 2. The van der Waals surface area contributed by atoms with Crippen LogP contribution in [0.2, 0.25) is 5.15 Å². The van der Waals surface area contributed by atoms with Crippen LogP contribution < -0.4 is 5.32 Å². The molecule has 0 bridgehead atoms. The van der Waals surface area contributed by atoms with E-state index in [4.69, 9.17) is 31.2 Å². The van der Waals surface area contributed by atoms with E-state index in [1.165, 1.54) is 0 Å². The zero-order valence-corrected chi connectivity index (χ0v) is 19.8. The Morgan fingerprint density at radius 2 is 2.16 bits per heavy atom. The van der Waals surface area contributed by atoms with Crippen molar-refractivity contribution in [1.29, 1.82) is 0 Å². The van der Waals surface area contributed by atoms with Gasteiger partial charge in [-0.15, -0.1) is 0 Å². The van der Waals surface area contributed by atoms with Gasteiger partial charge in [-0.1, -0.05) is 11.6 Å². The Morgan fingerprint density at radius 3 is 2.91 bits per heavy atom. The monoisotopic (exact) mass is 461 g/mol. The van der Waals surface area contributed by atoms with Crippen LogP contribution in [0.1, 0.15) is 63.0 Å². The van der Waals surface area contributed by atoms with Crippen LogP contribution >= 0.6 is 11.6 Å². The molecular formula is C23H32ClN5O3. The maximum Gasteiger partial charge on any atom is 0.410 e. The lowest BCUT2D eigenvalue weighted by Gasteiger charge is -2.35. The molecule has 5 rings (SSSR count). The average molecular weight is 462 g/mol. The Labute approximate surface area is 193 Å². The number of piperidine rings is 1. The molecule has 3 atom stereocenters. The van der Waals surface area contributed by atoms with Crippen molar-refractivity contribution in [1.82, 2.24) is 24.8 Å². The molecule has 0 spiro atoms. The van der Waals surface area contributed by atoms with Crippen molar-refractivity contribution in [3.8, 4) is 0 Å². The lowest BCUT2D eigenvalue weighted by Crippen LogP contribution is -2.43. The number of nitrogens with zero attached hydrogens (tertiary/aromatic N) is 4. The summed E-state index contributed by atoms with van der Waals surface area (Å²) < 4.78 is 13.4. The molecule has 3 unspecified atom stereocenters. The van der Waals surface area contributed by atoms with Crippen molar-refractivity contribution in [3.05, 3.63) is 28.2 Å². The molecule has 2 saturated heterocycles. The third-order valence-corrected chi connectivity index (χ3v) is 7.01. The van der Waals surface area contributed by atoms with E-state index in [9.17, 15) is 4.79 Å². The van der Waals surface area contributed by atoms with E-state index in [1.807, 2.05) is 31.7 Å². The van der Waals surface area contributed by atoms with E-state index in [1.54, 1.807) is 4.52 Å². The number of carbonyl (C=O) groups is 1. The number of hydrogen-bond donors (Lipinski definition) is 1. The van der Waals surface area contributed by atoms with E-state index in [0.717, 1.165) is 74.4 Å². The fourth-order valence-corrected chi connectivity index (χ4v) is 5.42. The van der Waals surface area contributed by atoms with Gasteiger partial charge in [0.2, 0.25) is 0 Å². The minimum absolute atomic E-state index is 0.124. The average Bonchev–Trinajstić information content (AvgIpc) is 3.38. The Hall–Kier alpha value is -1.90. The van der Waals surface area contributed by atoms with Crippen molar-refractivity contribution < 1.29 is 14.3 Å².